The number of hydrogen-bond acceptors (Lipinski definition) is 3. The van der Waals surface area contributed by atoms with Crippen molar-refractivity contribution in [1.82, 2.24) is 10.2 Å². The first-order chi connectivity index (χ1) is 14.0. The van der Waals surface area contributed by atoms with Crippen molar-refractivity contribution in [3.05, 3.63) is 22.5 Å². The number of allylic oxidation sites excluding steroid dienone is 1. The van der Waals surface area contributed by atoms with Crippen molar-refractivity contribution in [2.75, 3.05) is 0 Å². The normalized spacial score (nSPS) is 40.0. The Hall–Kier alpha value is -1.79. The lowest BCUT2D eigenvalue weighted by atomic mass is 9.47. The number of halogens is 3. The van der Waals surface area contributed by atoms with Gasteiger partial charge in [0.2, 0.25) is 0 Å². The van der Waals surface area contributed by atoms with E-state index in [-0.39, 0.29) is 22.9 Å². The summed E-state index contributed by atoms with van der Waals surface area (Å²) in [6.45, 7) is 5.91. The van der Waals surface area contributed by atoms with Crippen LogP contribution in [-0.4, -0.2) is 22.3 Å². The minimum absolute atomic E-state index is 0.0169. The number of fused-ring (bicyclic) bond motifs is 6. The Morgan fingerprint density at radius 3 is 2.67 bits per heavy atom. The lowest BCUT2D eigenvalue weighted by Gasteiger charge is -2.57. The van der Waals surface area contributed by atoms with E-state index in [1.807, 2.05) is 6.08 Å². The van der Waals surface area contributed by atoms with E-state index in [1.165, 1.54) is 12.5 Å². The van der Waals surface area contributed by atoms with Crippen molar-refractivity contribution in [3.8, 4) is 0 Å². The molecule has 7 heteroatoms. The van der Waals surface area contributed by atoms with E-state index in [2.05, 4.69) is 24.0 Å². The van der Waals surface area contributed by atoms with Crippen molar-refractivity contribution in [2.45, 2.75) is 78.0 Å². The fraction of sp³-hybridized carbons (Fsp3) is 0.739. The SMILES string of the molecule is CC(=O)O[C@H]1CC[C@@H]2[C@H]3CCC4=Cc5n[nH]c(C(F)(F)F)c5C[C@@]4(C)[C@@H]3CC[C@]12C. The molecule has 1 aromatic rings. The van der Waals surface area contributed by atoms with E-state index < -0.39 is 11.9 Å². The van der Waals surface area contributed by atoms with Gasteiger partial charge in [-0.05, 0) is 74.2 Å². The molecule has 4 aliphatic carbocycles. The third-order valence-electron chi connectivity index (χ3n) is 8.99. The molecule has 5 rings (SSSR count). The zero-order chi connectivity index (χ0) is 21.5. The van der Waals surface area contributed by atoms with Gasteiger partial charge in [-0.3, -0.25) is 9.89 Å². The van der Waals surface area contributed by atoms with Crippen molar-refractivity contribution in [2.24, 2.45) is 28.6 Å². The smallest absolute Gasteiger partial charge is 0.433 e. The molecular weight excluding hydrogens is 393 g/mol. The van der Waals surface area contributed by atoms with Gasteiger partial charge in [-0.1, -0.05) is 19.4 Å². The molecule has 6 atom stereocenters. The average Bonchev–Trinajstić information content (AvgIpc) is 3.19. The summed E-state index contributed by atoms with van der Waals surface area (Å²) in [6, 6.07) is 0. The molecule has 30 heavy (non-hydrogen) atoms. The molecule has 1 heterocycles. The van der Waals surface area contributed by atoms with E-state index >= 15 is 0 Å². The highest BCUT2D eigenvalue weighted by atomic mass is 19.4. The number of aromatic nitrogens is 2. The number of esters is 1. The average molecular weight is 422 g/mol. The van der Waals surface area contributed by atoms with Gasteiger partial charge in [0.25, 0.3) is 0 Å². The van der Waals surface area contributed by atoms with Crippen LogP contribution in [0.15, 0.2) is 5.57 Å². The molecule has 0 aromatic carbocycles. The number of rotatable bonds is 1. The Balaban J connectivity index is 1.48. The number of H-pyrrole nitrogens is 1. The Bertz CT molecular complexity index is 920. The quantitative estimate of drug-likeness (QED) is 0.605. The summed E-state index contributed by atoms with van der Waals surface area (Å²) in [5, 5.41) is 6.24. The molecule has 3 fully saturated rings. The van der Waals surface area contributed by atoms with Crippen molar-refractivity contribution in [3.63, 3.8) is 0 Å². The first-order valence-corrected chi connectivity index (χ1v) is 11.1. The third kappa shape index (κ3) is 2.72. The van der Waals surface area contributed by atoms with Gasteiger partial charge in [-0.25, -0.2) is 0 Å². The predicted octanol–water partition coefficient (Wildman–Crippen LogP) is 5.54. The molecule has 0 saturated heterocycles. The first-order valence-electron chi connectivity index (χ1n) is 11.1. The number of nitrogens with zero attached hydrogens (tertiary/aromatic N) is 1. The lowest BCUT2D eigenvalue weighted by Crippen LogP contribution is -2.52. The molecule has 4 nitrogen and oxygen atoms in total. The highest BCUT2D eigenvalue weighted by Gasteiger charge is 2.60. The minimum Gasteiger partial charge on any atom is -0.462 e. The summed E-state index contributed by atoms with van der Waals surface area (Å²) in [6.07, 6.45) is 3.72. The molecule has 3 saturated carbocycles. The standard InChI is InChI=1S/C23H29F3N2O2/c1-12(29)30-19-7-6-16-14-5-4-13-10-18-15(20(28-27-18)23(24,25)26)11-22(13,3)17(14)8-9-21(16,19)2/h10,14,16-17,19H,4-9,11H2,1-3H3,(H,27,28)/t14-,16-,17-,19+,21+,22-/m1/s1. The molecule has 1 N–H and O–H groups in total. The molecule has 4 aliphatic rings. The third-order valence-corrected chi connectivity index (χ3v) is 8.99. The molecule has 164 valence electrons. The van der Waals surface area contributed by atoms with Crippen LogP contribution in [0.2, 0.25) is 0 Å². The molecular formula is C23H29F3N2O2. The monoisotopic (exact) mass is 422 g/mol. The van der Waals surface area contributed by atoms with Gasteiger partial charge in [-0.15, -0.1) is 0 Å². The highest BCUT2D eigenvalue weighted by molar-refractivity contribution is 5.66. The summed E-state index contributed by atoms with van der Waals surface area (Å²) in [4.78, 5) is 11.6. The van der Waals surface area contributed by atoms with Crippen LogP contribution in [0.1, 0.15) is 76.2 Å². The zero-order valence-corrected chi connectivity index (χ0v) is 17.7. The number of hydrogen-bond donors (Lipinski definition) is 1. The molecule has 0 radical (unpaired) electrons. The largest absolute Gasteiger partial charge is 0.462 e. The second kappa shape index (κ2) is 6.36. The van der Waals surface area contributed by atoms with Crippen molar-refractivity contribution >= 4 is 12.0 Å². The van der Waals surface area contributed by atoms with Crippen LogP contribution < -0.4 is 0 Å². The highest BCUT2D eigenvalue weighted by Crippen LogP contribution is 2.65. The van der Waals surface area contributed by atoms with Crippen LogP contribution in [0, 0.1) is 28.6 Å². The minimum atomic E-state index is -4.41. The van der Waals surface area contributed by atoms with E-state index in [4.69, 9.17) is 4.74 Å². The summed E-state index contributed by atoms with van der Waals surface area (Å²) in [5.41, 5.74) is 1.08. The number of aromatic amines is 1. The Morgan fingerprint density at radius 2 is 1.97 bits per heavy atom. The van der Waals surface area contributed by atoms with Gasteiger partial charge in [0.05, 0.1) is 5.69 Å². The maximum atomic E-state index is 13.5. The predicted molar refractivity (Wildman–Crippen MR) is 105 cm³/mol. The van der Waals surface area contributed by atoms with Crippen LogP contribution in [-0.2, 0) is 22.1 Å². The molecule has 0 bridgehead atoms. The fourth-order valence-corrected chi connectivity index (χ4v) is 7.60. The summed E-state index contributed by atoms with van der Waals surface area (Å²) in [7, 11) is 0. The van der Waals surface area contributed by atoms with Gasteiger partial charge in [0, 0.05) is 17.9 Å². The second-order valence-electron chi connectivity index (χ2n) is 10.4. The maximum Gasteiger partial charge on any atom is 0.433 e. The van der Waals surface area contributed by atoms with Crippen LogP contribution >= 0.6 is 0 Å². The summed E-state index contributed by atoms with van der Waals surface area (Å²) in [5.74, 6) is 1.07. The van der Waals surface area contributed by atoms with Gasteiger partial charge in [-0.2, -0.15) is 18.3 Å². The van der Waals surface area contributed by atoms with Crippen LogP contribution in [0.3, 0.4) is 0 Å². The van der Waals surface area contributed by atoms with Crippen LogP contribution in [0.4, 0.5) is 13.2 Å². The van der Waals surface area contributed by atoms with Crippen molar-refractivity contribution in [1.29, 1.82) is 0 Å². The Labute approximate surface area is 174 Å². The van der Waals surface area contributed by atoms with Crippen LogP contribution in [0.25, 0.3) is 6.08 Å². The summed E-state index contributed by atoms with van der Waals surface area (Å²) >= 11 is 0. The van der Waals surface area contributed by atoms with Gasteiger partial charge >= 0.3 is 12.1 Å². The molecule has 0 unspecified atom stereocenters. The first kappa shape index (κ1) is 20.1. The fourth-order valence-electron chi connectivity index (χ4n) is 7.60. The number of nitrogens with one attached hydrogen (secondary N) is 1. The Kier molecular flexibility index (Phi) is 4.27. The summed E-state index contributed by atoms with van der Waals surface area (Å²) < 4.78 is 46.3. The van der Waals surface area contributed by atoms with E-state index in [0.717, 1.165) is 38.5 Å². The number of carbonyl (C=O) groups is 1. The Morgan fingerprint density at radius 1 is 1.20 bits per heavy atom. The zero-order valence-electron chi connectivity index (χ0n) is 17.7. The molecule has 1 aromatic heterocycles. The van der Waals surface area contributed by atoms with Gasteiger partial charge in [0.15, 0.2) is 0 Å². The maximum absolute atomic E-state index is 13.5. The van der Waals surface area contributed by atoms with Gasteiger partial charge < -0.3 is 4.74 Å². The molecule has 0 amide bonds. The molecule has 0 aliphatic heterocycles. The van der Waals surface area contributed by atoms with Gasteiger partial charge in [0.1, 0.15) is 11.8 Å². The lowest BCUT2D eigenvalue weighted by molar-refractivity contribution is -0.157. The second-order valence-corrected chi connectivity index (χ2v) is 10.4. The number of alkyl halides is 3. The number of carbonyl (C=O) groups excluding carboxylic acids is 1. The van der Waals surface area contributed by atoms with E-state index in [9.17, 15) is 18.0 Å². The van der Waals surface area contributed by atoms with Crippen molar-refractivity contribution < 1.29 is 22.7 Å². The topological polar surface area (TPSA) is 55.0 Å². The molecule has 0 spiro atoms. The number of ether oxygens (including phenoxy) is 1. The van der Waals surface area contributed by atoms with E-state index in [0.29, 0.717) is 35.4 Å². The van der Waals surface area contributed by atoms with E-state index in [1.54, 1.807) is 0 Å². The van der Waals surface area contributed by atoms with Crippen LogP contribution in [0.5, 0.6) is 0 Å².